The fourth-order valence-corrected chi connectivity index (χ4v) is 2.82. The summed E-state index contributed by atoms with van der Waals surface area (Å²) in [5.41, 5.74) is 2.26. The lowest BCUT2D eigenvalue weighted by atomic mass is 9.85. The SMILES string of the molecule is Cc1ccc(C2CCN(C)CC2)c(CC(F)(F)F)c1. The molecule has 1 saturated heterocycles. The Balaban J connectivity index is 2.24. The van der Waals surface area contributed by atoms with Crippen molar-refractivity contribution in [3.63, 3.8) is 0 Å². The molecule has 1 aliphatic heterocycles. The molecule has 0 atom stereocenters. The Morgan fingerprint density at radius 2 is 1.84 bits per heavy atom. The lowest BCUT2D eigenvalue weighted by molar-refractivity contribution is -0.127. The second-order valence-electron chi connectivity index (χ2n) is 5.57. The molecule has 0 unspecified atom stereocenters. The molecule has 1 aliphatic rings. The van der Waals surface area contributed by atoms with Crippen LogP contribution in [-0.2, 0) is 6.42 Å². The summed E-state index contributed by atoms with van der Waals surface area (Å²) >= 11 is 0. The maximum absolute atomic E-state index is 12.7. The fourth-order valence-electron chi connectivity index (χ4n) is 2.82. The minimum absolute atomic E-state index is 0.272. The normalized spacial score (nSPS) is 18.8. The van der Waals surface area contributed by atoms with Gasteiger partial charge in [-0.1, -0.05) is 23.8 Å². The number of benzene rings is 1. The third-order valence-electron chi connectivity index (χ3n) is 3.85. The van der Waals surface area contributed by atoms with Crippen molar-refractivity contribution in [2.75, 3.05) is 20.1 Å². The maximum Gasteiger partial charge on any atom is 0.393 e. The molecular formula is C15H20F3N. The molecule has 4 heteroatoms. The van der Waals surface area contributed by atoms with E-state index in [0.29, 0.717) is 5.56 Å². The number of hydrogen-bond acceptors (Lipinski definition) is 1. The summed E-state index contributed by atoms with van der Waals surface area (Å²) in [5.74, 6) is 0.272. The summed E-state index contributed by atoms with van der Waals surface area (Å²) in [4.78, 5) is 2.23. The smallest absolute Gasteiger partial charge is 0.306 e. The summed E-state index contributed by atoms with van der Waals surface area (Å²) in [6.07, 6.45) is -3.04. The molecule has 0 aliphatic carbocycles. The molecule has 1 fully saturated rings. The number of rotatable bonds is 2. The van der Waals surface area contributed by atoms with Gasteiger partial charge in [-0.3, -0.25) is 0 Å². The zero-order chi connectivity index (χ0) is 14.0. The van der Waals surface area contributed by atoms with Gasteiger partial charge in [-0.25, -0.2) is 0 Å². The van der Waals surface area contributed by atoms with E-state index in [9.17, 15) is 13.2 Å². The largest absolute Gasteiger partial charge is 0.393 e. The monoisotopic (exact) mass is 271 g/mol. The van der Waals surface area contributed by atoms with E-state index >= 15 is 0 Å². The van der Waals surface area contributed by atoms with E-state index in [1.807, 2.05) is 19.1 Å². The van der Waals surface area contributed by atoms with Crippen LogP contribution in [0.15, 0.2) is 18.2 Å². The average molecular weight is 271 g/mol. The van der Waals surface area contributed by atoms with Crippen LogP contribution in [0, 0.1) is 6.92 Å². The van der Waals surface area contributed by atoms with E-state index in [0.717, 1.165) is 37.1 Å². The average Bonchev–Trinajstić information content (AvgIpc) is 2.29. The molecule has 0 aromatic heterocycles. The van der Waals surface area contributed by atoms with Crippen molar-refractivity contribution in [1.82, 2.24) is 4.90 Å². The van der Waals surface area contributed by atoms with Crippen molar-refractivity contribution < 1.29 is 13.2 Å². The van der Waals surface area contributed by atoms with Crippen LogP contribution >= 0.6 is 0 Å². The molecule has 0 amide bonds. The minimum Gasteiger partial charge on any atom is -0.306 e. The lowest BCUT2D eigenvalue weighted by Gasteiger charge is -2.30. The number of alkyl halides is 3. The first kappa shape index (κ1) is 14.4. The second-order valence-corrected chi connectivity index (χ2v) is 5.57. The third-order valence-corrected chi connectivity index (χ3v) is 3.85. The van der Waals surface area contributed by atoms with Gasteiger partial charge in [0.2, 0.25) is 0 Å². The molecular weight excluding hydrogens is 251 g/mol. The topological polar surface area (TPSA) is 3.24 Å². The van der Waals surface area contributed by atoms with Crippen LogP contribution in [0.3, 0.4) is 0 Å². The number of aryl methyl sites for hydroxylation is 1. The van der Waals surface area contributed by atoms with E-state index in [1.54, 1.807) is 6.07 Å². The van der Waals surface area contributed by atoms with Crippen molar-refractivity contribution >= 4 is 0 Å². The van der Waals surface area contributed by atoms with Crippen LogP contribution in [0.2, 0.25) is 0 Å². The molecule has 106 valence electrons. The van der Waals surface area contributed by atoms with Gasteiger partial charge < -0.3 is 4.90 Å². The van der Waals surface area contributed by atoms with Gasteiger partial charge in [0.25, 0.3) is 0 Å². The van der Waals surface area contributed by atoms with E-state index in [1.165, 1.54) is 0 Å². The second kappa shape index (κ2) is 5.53. The van der Waals surface area contributed by atoms with Crippen LogP contribution in [0.1, 0.15) is 35.4 Å². The first-order valence-electron chi connectivity index (χ1n) is 6.70. The van der Waals surface area contributed by atoms with Gasteiger partial charge in [-0.2, -0.15) is 13.2 Å². The summed E-state index contributed by atoms with van der Waals surface area (Å²) in [5, 5.41) is 0. The van der Waals surface area contributed by atoms with Crippen LogP contribution in [0.4, 0.5) is 13.2 Å². The Bertz CT molecular complexity index is 432. The molecule has 19 heavy (non-hydrogen) atoms. The van der Waals surface area contributed by atoms with E-state index < -0.39 is 12.6 Å². The number of halogens is 3. The van der Waals surface area contributed by atoms with Gasteiger partial charge in [0.15, 0.2) is 0 Å². The predicted octanol–water partition coefficient (Wildman–Crippen LogP) is 3.91. The summed E-state index contributed by atoms with van der Waals surface area (Å²) in [6.45, 7) is 3.77. The zero-order valence-electron chi connectivity index (χ0n) is 11.4. The van der Waals surface area contributed by atoms with Crippen molar-refractivity contribution in [1.29, 1.82) is 0 Å². The van der Waals surface area contributed by atoms with Gasteiger partial charge in [-0.15, -0.1) is 0 Å². The number of hydrogen-bond donors (Lipinski definition) is 0. The number of piperidine rings is 1. The highest BCUT2D eigenvalue weighted by Crippen LogP contribution is 2.33. The maximum atomic E-state index is 12.7. The Hall–Kier alpha value is -1.03. The Morgan fingerprint density at radius 1 is 1.21 bits per heavy atom. The molecule has 0 bridgehead atoms. The Labute approximate surface area is 112 Å². The van der Waals surface area contributed by atoms with Gasteiger partial charge >= 0.3 is 6.18 Å². The van der Waals surface area contributed by atoms with Crippen molar-refractivity contribution in [3.05, 3.63) is 34.9 Å². The molecule has 0 spiro atoms. The van der Waals surface area contributed by atoms with Gasteiger partial charge in [0.1, 0.15) is 0 Å². The highest BCUT2D eigenvalue weighted by Gasteiger charge is 2.30. The summed E-state index contributed by atoms with van der Waals surface area (Å²) < 4.78 is 38.0. The number of likely N-dealkylation sites (tertiary alicyclic amines) is 1. The van der Waals surface area contributed by atoms with Crippen LogP contribution in [0.25, 0.3) is 0 Å². The first-order valence-corrected chi connectivity index (χ1v) is 6.70. The van der Waals surface area contributed by atoms with Gasteiger partial charge in [0, 0.05) is 0 Å². The third kappa shape index (κ3) is 3.96. The van der Waals surface area contributed by atoms with Crippen molar-refractivity contribution in [2.24, 2.45) is 0 Å². The molecule has 1 nitrogen and oxygen atoms in total. The molecule has 2 rings (SSSR count). The lowest BCUT2D eigenvalue weighted by Crippen LogP contribution is -2.29. The highest BCUT2D eigenvalue weighted by atomic mass is 19.4. The van der Waals surface area contributed by atoms with Gasteiger partial charge in [-0.05, 0) is 56.9 Å². The molecule has 0 radical (unpaired) electrons. The van der Waals surface area contributed by atoms with Gasteiger partial charge in [0.05, 0.1) is 6.42 Å². The first-order chi connectivity index (χ1) is 8.85. The molecule has 0 saturated carbocycles. The van der Waals surface area contributed by atoms with Crippen LogP contribution < -0.4 is 0 Å². The minimum atomic E-state index is -4.13. The summed E-state index contributed by atoms with van der Waals surface area (Å²) in [6, 6.07) is 5.51. The zero-order valence-corrected chi connectivity index (χ0v) is 11.4. The van der Waals surface area contributed by atoms with Crippen molar-refractivity contribution in [2.45, 2.75) is 38.3 Å². The quantitative estimate of drug-likeness (QED) is 0.788. The molecule has 1 aromatic carbocycles. The van der Waals surface area contributed by atoms with E-state index in [4.69, 9.17) is 0 Å². The standard InChI is InChI=1S/C15H20F3N/c1-11-3-4-14(12-5-7-19(2)8-6-12)13(9-11)10-15(16,17)18/h3-4,9,12H,5-8,10H2,1-2H3. The Morgan fingerprint density at radius 3 is 2.42 bits per heavy atom. The highest BCUT2D eigenvalue weighted by molar-refractivity contribution is 5.35. The number of nitrogens with zero attached hydrogens (tertiary/aromatic N) is 1. The molecule has 0 N–H and O–H groups in total. The van der Waals surface area contributed by atoms with Crippen LogP contribution in [-0.4, -0.2) is 31.2 Å². The summed E-state index contributed by atoms with van der Waals surface area (Å²) in [7, 11) is 2.06. The van der Waals surface area contributed by atoms with Crippen molar-refractivity contribution in [3.8, 4) is 0 Å². The molecule has 1 aromatic rings. The van der Waals surface area contributed by atoms with E-state index in [-0.39, 0.29) is 5.92 Å². The van der Waals surface area contributed by atoms with E-state index in [2.05, 4.69) is 11.9 Å². The van der Waals surface area contributed by atoms with Crippen LogP contribution in [0.5, 0.6) is 0 Å². The predicted molar refractivity (Wildman–Crippen MR) is 70.4 cm³/mol. The molecule has 1 heterocycles. The fraction of sp³-hybridized carbons (Fsp3) is 0.600. The Kier molecular flexibility index (Phi) is 4.19.